The zero-order chi connectivity index (χ0) is 17.1. The topological polar surface area (TPSA) is 90.9 Å². The van der Waals surface area contributed by atoms with Crippen molar-refractivity contribution in [1.82, 2.24) is 10.2 Å². The van der Waals surface area contributed by atoms with Gasteiger partial charge in [-0.2, -0.15) is 0 Å². The van der Waals surface area contributed by atoms with Gasteiger partial charge in [0.1, 0.15) is 0 Å². The van der Waals surface area contributed by atoms with Crippen LogP contribution in [0.2, 0.25) is 0 Å². The van der Waals surface area contributed by atoms with Crippen molar-refractivity contribution in [2.24, 2.45) is 0 Å². The van der Waals surface area contributed by atoms with E-state index in [0.29, 0.717) is 28.3 Å². The van der Waals surface area contributed by atoms with E-state index >= 15 is 0 Å². The standard InChI is InChI=1S/C16H18N4O4S/c21-14(17-11-3-4-12-13(7-11)23-10-22-12)9-25-16-19-18-15(24-16)8-20-5-1-2-6-20/h3-4,7H,1-2,5-6,8-10H2,(H,17,21)/p+1. The van der Waals surface area contributed by atoms with E-state index in [4.69, 9.17) is 13.9 Å². The summed E-state index contributed by atoms with van der Waals surface area (Å²) in [5.74, 6) is 2.01. The smallest absolute Gasteiger partial charge is 0.277 e. The molecule has 0 radical (unpaired) electrons. The Morgan fingerprint density at radius 3 is 2.92 bits per heavy atom. The van der Waals surface area contributed by atoms with Gasteiger partial charge in [-0.25, -0.2) is 0 Å². The van der Waals surface area contributed by atoms with Crippen LogP contribution < -0.4 is 19.7 Å². The van der Waals surface area contributed by atoms with Crippen molar-refractivity contribution in [2.75, 3.05) is 31.0 Å². The molecule has 2 aromatic rings. The highest BCUT2D eigenvalue weighted by molar-refractivity contribution is 7.99. The quantitative estimate of drug-likeness (QED) is 0.731. The van der Waals surface area contributed by atoms with Gasteiger partial charge in [0.2, 0.25) is 12.7 Å². The highest BCUT2D eigenvalue weighted by Crippen LogP contribution is 2.34. The van der Waals surface area contributed by atoms with Gasteiger partial charge in [-0.15, -0.1) is 10.2 Å². The van der Waals surface area contributed by atoms with Crippen molar-refractivity contribution in [2.45, 2.75) is 24.6 Å². The van der Waals surface area contributed by atoms with Crippen LogP contribution >= 0.6 is 11.8 Å². The second-order valence-corrected chi connectivity index (χ2v) is 6.93. The van der Waals surface area contributed by atoms with E-state index < -0.39 is 0 Å². The molecule has 3 heterocycles. The Bertz CT molecular complexity index is 760. The number of amides is 1. The lowest BCUT2D eigenvalue weighted by molar-refractivity contribution is -0.902. The summed E-state index contributed by atoms with van der Waals surface area (Å²) >= 11 is 1.23. The third-order valence-corrected chi connectivity index (χ3v) is 4.96. The number of quaternary nitrogens is 1. The number of ether oxygens (including phenoxy) is 2. The third-order valence-electron chi connectivity index (χ3n) is 4.14. The molecule has 2 N–H and O–H groups in total. The molecule has 1 fully saturated rings. The van der Waals surface area contributed by atoms with E-state index in [1.807, 2.05) is 0 Å². The van der Waals surface area contributed by atoms with Gasteiger partial charge in [-0.1, -0.05) is 11.8 Å². The van der Waals surface area contributed by atoms with Gasteiger partial charge in [0.25, 0.3) is 11.1 Å². The van der Waals surface area contributed by atoms with Gasteiger partial charge in [0, 0.05) is 24.6 Å². The van der Waals surface area contributed by atoms with Crippen LogP contribution in [0, 0.1) is 0 Å². The molecule has 1 saturated heterocycles. The van der Waals surface area contributed by atoms with E-state index in [2.05, 4.69) is 15.5 Å². The summed E-state index contributed by atoms with van der Waals surface area (Å²) < 4.78 is 16.1. The Balaban J connectivity index is 1.26. The zero-order valence-corrected chi connectivity index (χ0v) is 14.4. The molecular weight excluding hydrogens is 344 g/mol. The van der Waals surface area contributed by atoms with Gasteiger partial charge in [-0.3, -0.25) is 4.79 Å². The molecule has 1 aromatic carbocycles. The average Bonchev–Trinajstić information content (AvgIpc) is 3.35. The van der Waals surface area contributed by atoms with Crippen LogP contribution in [0.4, 0.5) is 5.69 Å². The molecule has 25 heavy (non-hydrogen) atoms. The number of rotatable bonds is 6. The molecular formula is C16H19N4O4S+. The number of thioether (sulfide) groups is 1. The average molecular weight is 363 g/mol. The summed E-state index contributed by atoms with van der Waals surface area (Å²) in [7, 11) is 0. The van der Waals surface area contributed by atoms with Crippen molar-refractivity contribution in [3.63, 3.8) is 0 Å². The van der Waals surface area contributed by atoms with Crippen LogP contribution in [0.3, 0.4) is 0 Å². The molecule has 1 aromatic heterocycles. The zero-order valence-electron chi connectivity index (χ0n) is 13.6. The predicted molar refractivity (Wildman–Crippen MR) is 89.9 cm³/mol. The number of hydrogen-bond acceptors (Lipinski definition) is 7. The monoisotopic (exact) mass is 363 g/mol. The first-order valence-corrected chi connectivity index (χ1v) is 9.23. The SMILES string of the molecule is O=C(CSc1nnc(C[NH+]2CCCC2)o1)Nc1ccc2c(c1)OCO2. The molecule has 132 valence electrons. The molecule has 1 amide bonds. The molecule has 0 aliphatic carbocycles. The molecule has 0 spiro atoms. The highest BCUT2D eigenvalue weighted by Gasteiger charge is 2.19. The van der Waals surface area contributed by atoms with Crippen LogP contribution in [0.15, 0.2) is 27.8 Å². The van der Waals surface area contributed by atoms with Crippen molar-refractivity contribution >= 4 is 23.4 Å². The van der Waals surface area contributed by atoms with Gasteiger partial charge < -0.3 is 24.1 Å². The minimum atomic E-state index is -0.145. The van der Waals surface area contributed by atoms with Gasteiger partial charge in [-0.05, 0) is 12.1 Å². The van der Waals surface area contributed by atoms with E-state index in [1.165, 1.54) is 29.5 Å². The molecule has 0 atom stereocenters. The predicted octanol–water partition coefficient (Wildman–Crippen LogP) is 0.708. The summed E-state index contributed by atoms with van der Waals surface area (Å²) in [6, 6.07) is 5.30. The van der Waals surface area contributed by atoms with Crippen molar-refractivity contribution in [3.05, 3.63) is 24.1 Å². The van der Waals surface area contributed by atoms with Gasteiger partial charge in [0.15, 0.2) is 18.0 Å². The minimum Gasteiger partial charge on any atom is -0.454 e. The van der Waals surface area contributed by atoms with Gasteiger partial charge >= 0.3 is 0 Å². The van der Waals surface area contributed by atoms with E-state index in [9.17, 15) is 4.79 Å². The molecule has 2 aliphatic heterocycles. The molecule has 9 heteroatoms. The first-order valence-electron chi connectivity index (χ1n) is 8.24. The van der Waals surface area contributed by atoms with E-state index in [-0.39, 0.29) is 18.5 Å². The fourth-order valence-corrected chi connectivity index (χ4v) is 3.51. The maximum absolute atomic E-state index is 12.1. The summed E-state index contributed by atoms with van der Waals surface area (Å²) in [5.41, 5.74) is 0.665. The van der Waals surface area contributed by atoms with Crippen LogP contribution in [0.25, 0.3) is 0 Å². The Morgan fingerprint density at radius 2 is 2.04 bits per heavy atom. The second-order valence-electron chi connectivity index (χ2n) is 6.00. The summed E-state index contributed by atoms with van der Waals surface area (Å²) in [5, 5.41) is 11.3. The van der Waals surface area contributed by atoms with Crippen LogP contribution in [0.1, 0.15) is 18.7 Å². The molecule has 0 unspecified atom stereocenters. The lowest BCUT2D eigenvalue weighted by atomic mass is 10.3. The molecule has 0 bridgehead atoms. The summed E-state index contributed by atoms with van der Waals surface area (Å²) in [6.07, 6.45) is 2.51. The van der Waals surface area contributed by atoms with Crippen molar-refractivity contribution in [1.29, 1.82) is 0 Å². The Labute approximate surface area is 148 Å². The number of nitrogens with one attached hydrogen (secondary N) is 2. The number of nitrogens with zero attached hydrogens (tertiary/aromatic N) is 2. The number of likely N-dealkylation sites (tertiary alicyclic amines) is 1. The molecule has 0 saturated carbocycles. The van der Waals surface area contributed by atoms with Crippen LogP contribution in [-0.2, 0) is 11.3 Å². The highest BCUT2D eigenvalue weighted by atomic mass is 32.2. The van der Waals surface area contributed by atoms with Crippen LogP contribution in [-0.4, -0.2) is 41.7 Å². The van der Waals surface area contributed by atoms with Gasteiger partial charge in [0.05, 0.1) is 18.8 Å². The first kappa shape index (κ1) is 16.2. The largest absolute Gasteiger partial charge is 0.454 e. The molecule has 8 nitrogen and oxygen atoms in total. The number of hydrogen-bond donors (Lipinski definition) is 2. The Morgan fingerprint density at radius 1 is 1.20 bits per heavy atom. The van der Waals surface area contributed by atoms with Crippen molar-refractivity contribution in [3.8, 4) is 11.5 Å². The lowest BCUT2D eigenvalue weighted by Crippen LogP contribution is -3.08. The summed E-state index contributed by atoms with van der Waals surface area (Å²) in [4.78, 5) is 13.5. The summed E-state index contributed by atoms with van der Waals surface area (Å²) in [6.45, 7) is 3.28. The van der Waals surface area contributed by atoms with E-state index in [1.54, 1.807) is 18.2 Å². The number of fused-ring (bicyclic) bond motifs is 1. The number of anilines is 1. The maximum atomic E-state index is 12.1. The number of carbonyl (C=O) groups is 1. The Hall–Kier alpha value is -2.26. The first-order chi connectivity index (χ1) is 12.3. The fourth-order valence-electron chi connectivity index (χ4n) is 2.93. The maximum Gasteiger partial charge on any atom is 0.277 e. The Kier molecular flexibility index (Phi) is 4.75. The molecule has 4 rings (SSSR count). The fraction of sp³-hybridized carbons (Fsp3) is 0.438. The number of aromatic nitrogens is 2. The van der Waals surface area contributed by atoms with Crippen molar-refractivity contribution < 1.29 is 23.6 Å². The normalized spacial score (nSPS) is 16.3. The number of benzene rings is 1. The van der Waals surface area contributed by atoms with Crippen LogP contribution in [0.5, 0.6) is 11.5 Å². The molecule has 2 aliphatic rings. The lowest BCUT2D eigenvalue weighted by Gasteiger charge is -2.07. The minimum absolute atomic E-state index is 0.145. The second kappa shape index (κ2) is 7.32. The third kappa shape index (κ3) is 4.05. The number of carbonyl (C=O) groups excluding carboxylic acids is 1. The van der Waals surface area contributed by atoms with E-state index in [0.717, 1.165) is 19.6 Å².